The van der Waals surface area contributed by atoms with Crippen LogP contribution < -0.4 is 10.6 Å². The Hall–Kier alpha value is -1.59. The molecule has 1 aromatic rings. The molecule has 1 fully saturated rings. The summed E-state index contributed by atoms with van der Waals surface area (Å²) in [6.07, 6.45) is 2.64. The number of hydrogen-bond donors (Lipinski definition) is 3. The summed E-state index contributed by atoms with van der Waals surface area (Å²) < 4.78 is 0. The molecule has 0 radical (unpaired) electrons. The second-order valence-corrected chi connectivity index (χ2v) is 6.92. The van der Waals surface area contributed by atoms with E-state index >= 15 is 0 Å². The fourth-order valence-corrected chi connectivity index (χ4v) is 3.68. The van der Waals surface area contributed by atoms with Crippen molar-refractivity contribution in [2.24, 2.45) is 5.92 Å². The third-order valence-corrected chi connectivity index (χ3v) is 4.87. The topological polar surface area (TPSA) is 64.6 Å². The predicted octanol–water partition coefficient (Wildman–Crippen LogP) is 1.68. The molecule has 0 aromatic heterocycles. The summed E-state index contributed by atoms with van der Waals surface area (Å²) in [5.41, 5.74) is 2.15. The largest absolute Gasteiger partial charge is 0.390 e. The van der Waals surface area contributed by atoms with Crippen LogP contribution in [0.15, 0.2) is 24.3 Å². The van der Waals surface area contributed by atoms with E-state index in [0.29, 0.717) is 18.9 Å². The maximum Gasteiger partial charge on any atom is 0.315 e. The third-order valence-electron chi connectivity index (χ3n) is 4.87. The van der Waals surface area contributed by atoms with Gasteiger partial charge in [0.2, 0.25) is 0 Å². The number of nitrogens with one attached hydrogen (secondary N) is 2. The van der Waals surface area contributed by atoms with E-state index in [2.05, 4.69) is 22.5 Å². The minimum Gasteiger partial charge on any atom is -0.390 e. The van der Waals surface area contributed by atoms with Gasteiger partial charge in [0.25, 0.3) is 0 Å². The van der Waals surface area contributed by atoms with Crippen molar-refractivity contribution < 1.29 is 9.90 Å². The van der Waals surface area contributed by atoms with E-state index in [9.17, 15) is 9.90 Å². The molecule has 1 aromatic carbocycles. The van der Waals surface area contributed by atoms with Crippen molar-refractivity contribution in [1.29, 1.82) is 0 Å². The lowest BCUT2D eigenvalue weighted by molar-refractivity contribution is 0.142. The predicted molar refractivity (Wildman–Crippen MR) is 90.3 cm³/mol. The number of aliphatic hydroxyl groups excluding tert-OH is 1. The zero-order chi connectivity index (χ0) is 16.2. The first-order valence-electron chi connectivity index (χ1n) is 8.66. The van der Waals surface area contributed by atoms with E-state index in [1.165, 1.54) is 25.9 Å². The highest BCUT2D eigenvalue weighted by atomic mass is 16.3. The molecule has 2 aliphatic rings. The maximum absolute atomic E-state index is 12.1. The summed E-state index contributed by atoms with van der Waals surface area (Å²) in [4.78, 5) is 14.6. The molecule has 3 N–H and O–H groups in total. The lowest BCUT2D eigenvalue weighted by Crippen LogP contribution is -2.43. The zero-order valence-corrected chi connectivity index (χ0v) is 13.8. The Kier molecular flexibility index (Phi) is 5.18. The van der Waals surface area contributed by atoms with Crippen LogP contribution in [0.3, 0.4) is 0 Å². The number of carbonyl (C=O) groups excluding carboxylic acids is 1. The van der Waals surface area contributed by atoms with Crippen molar-refractivity contribution in [2.75, 3.05) is 26.2 Å². The Morgan fingerprint density at radius 2 is 2.09 bits per heavy atom. The third kappa shape index (κ3) is 4.03. The molecule has 23 heavy (non-hydrogen) atoms. The van der Waals surface area contributed by atoms with Crippen molar-refractivity contribution in [3.63, 3.8) is 0 Å². The number of carbonyl (C=O) groups is 1. The van der Waals surface area contributed by atoms with Crippen LogP contribution in [0.5, 0.6) is 0 Å². The van der Waals surface area contributed by atoms with Gasteiger partial charge in [0.1, 0.15) is 0 Å². The number of fused-ring (bicyclic) bond motifs is 1. The molecular weight excluding hydrogens is 290 g/mol. The Morgan fingerprint density at radius 3 is 2.87 bits per heavy atom. The van der Waals surface area contributed by atoms with E-state index in [4.69, 9.17) is 0 Å². The Bertz CT molecular complexity index is 543. The normalized spacial score (nSPS) is 25.1. The summed E-state index contributed by atoms with van der Waals surface area (Å²) in [7, 11) is 0. The van der Waals surface area contributed by atoms with Gasteiger partial charge in [-0.3, -0.25) is 0 Å². The van der Waals surface area contributed by atoms with Crippen molar-refractivity contribution in [2.45, 2.75) is 38.3 Å². The fraction of sp³-hybridized carbons (Fsp3) is 0.611. The molecule has 0 bridgehead atoms. The summed E-state index contributed by atoms with van der Waals surface area (Å²) >= 11 is 0. The van der Waals surface area contributed by atoms with Crippen molar-refractivity contribution in [3.05, 3.63) is 35.4 Å². The van der Waals surface area contributed by atoms with E-state index < -0.39 is 6.10 Å². The van der Waals surface area contributed by atoms with Gasteiger partial charge in [0, 0.05) is 19.5 Å². The van der Waals surface area contributed by atoms with Gasteiger partial charge in [0.15, 0.2) is 0 Å². The molecule has 0 saturated carbocycles. The number of aliphatic hydroxyl groups is 1. The quantitative estimate of drug-likeness (QED) is 0.774. The number of urea groups is 1. The van der Waals surface area contributed by atoms with Gasteiger partial charge in [-0.1, -0.05) is 31.2 Å². The smallest absolute Gasteiger partial charge is 0.315 e. The van der Waals surface area contributed by atoms with Crippen LogP contribution in [-0.4, -0.2) is 48.3 Å². The number of rotatable bonds is 5. The Labute approximate surface area is 138 Å². The molecule has 5 nitrogen and oxygen atoms in total. The molecule has 126 valence electrons. The summed E-state index contributed by atoms with van der Waals surface area (Å²) in [5, 5.41) is 16.0. The van der Waals surface area contributed by atoms with Crippen molar-refractivity contribution >= 4 is 6.03 Å². The van der Waals surface area contributed by atoms with Crippen LogP contribution in [0.4, 0.5) is 4.79 Å². The monoisotopic (exact) mass is 317 g/mol. The molecule has 3 atom stereocenters. The second-order valence-electron chi connectivity index (χ2n) is 6.92. The molecule has 1 saturated heterocycles. The molecule has 1 heterocycles. The Balaban J connectivity index is 1.46. The summed E-state index contributed by atoms with van der Waals surface area (Å²) in [6.45, 7) is 6.23. The number of benzene rings is 1. The molecule has 3 rings (SSSR count). The summed E-state index contributed by atoms with van der Waals surface area (Å²) in [5.74, 6) is 0.430. The molecule has 2 amide bonds. The molecule has 5 heteroatoms. The van der Waals surface area contributed by atoms with E-state index in [1.54, 1.807) is 0 Å². The van der Waals surface area contributed by atoms with Crippen LogP contribution in [0.1, 0.15) is 36.9 Å². The highest BCUT2D eigenvalue weighted by Gasteiger charge is 2.31. The van der Waals surface area contributed by atoms with E-state index in [0.717, 1.165) is 17.7 Å². The van der Waals surface area contributed by atoms with Gasteiger partial charge < -0.3 is 20.6 Å². The number of nitrogens with zero attached hydrogens (tertiary/aromatic N) is 1. The average molecular weight is 317 g/mol. The minimum atomic E-state index is -0.542. The first-order valence-corrected chi connectivity index (χ1v) is 8.66. The van der Waals surface area contributed by atoms with Gasteiger partial charge in [0.05, 0.1) is 12.1 Å². The van der Waals surface area contributed by atoms with Crippen LogP contribution in [0.25, 0.3) is 0 Å². The van der Waals surface area contributed by atoms with Gasteiger partial charge in [-0.05, 0) is 43.0 Å². The van der Waals surface area contributed by atoms with Crippen molar-refractivity contribution in [1.82, 2.24) is 15.5 Å². The second kappa shape index (κ2) is 7.32. The van der Waals surface area contributed by atoms with Crippen LogP contribution in [-0.2, 0) is 6.42 Å². The van der Waals surface area contributed by atoms with Crippen LogP contribution >= 0.6 is 0 Å². The first kappa shape index (κ1) is 16.3. The molecular formula is C18H27N3O2. The highest BCUT2D eigenvalue weighted by molar-refractivity contribution is 5.74. The average Bonchev–Trinajstić information content (AvgIpc) is 3.14. The molecule has 1 aliphatic heterocycles. The van der Waals surface area contributed by atoms with Crippen LogP contribution in [0, 0.1) is 5.92 Å². The van der Waals surface area contributed by atoms with Gasteiger partial charge >= 0.3 is 6.03 Å². The SMILES string of the molecule is CC(CNC(=O)NC1c2ccccc2CC1O)CN1CCCC1. The number of likely N-dealkylation sites (tertiary alicyclic amines) is 1. The van der Waals surface area contributed by atoms with Crippen molar-refractivity contribution in [3.8, 4) is 0 Å². The van der Waals surface area contributed by atoms with Gasteiger partial charge in [-0.2, -0.15) is 0 Å². The maximum atomic E-state index is 12.1. The highest BCUT2D eigenvalue weighted by Crippen LogP contribution is 2.30. The standard InChI is InChI=1S/C18H27N3O2/c1-13(12-21-8-4-5-9-21)11-19-18(23)20-17-15-7-3-2-6-14(15)10-16(17)22/h2-3,6-7,13,16-17,22H,4-5,8-12H2,1H3,(H2,19,20,23). The Morgan fingerprint density at radius 1 is 1.35 bits per heavy atom. The molecule has 1 aliphatic carbocycles. The van der Waals surface area contributed by atoms with Crippen LogP contribution in [0.2, 0.25) is 0 Å². The molecule has 0 spiro atoms. The fourth-order valence-electron chi connectivity index (χ4n) is 3.68. The van der Waals surface area contributed by atoms with Gasteiger partial charge in [-0.25, -0.2) is 4.79 Å². The first-order chi connectivity index (χ1) is 11.1. The number of amides is 2. The lowest BCUT2D eigenvalue weighted by Gasteiger charge is -2.22. The van der Waals surface area contributed by atoms with Gasteiger partial charge in [-0.15, -0.1) is 0 Å². The zero-order valence-electron chi connectivity index (χ0n) is 13.8. The summed E-state index contributed by atoms with van der Waals surface area (Å²) in [6, 6.07) is 7.40. The molecule has 3 unspecified atom stereocenters. The minimum absolute atomic E-state index is 0.195. The lowest BCUT2D eigenvalue weighted by atomic mass is 10.1. The van der Waals surface area contributed by atoms with E-state index in [-0.39, 0.29) is 12.1 Å². The van der Waals surface area contributed by atoms with E-state index in [1.807, 2.05) is 24.3 Å². The number of hydrogen-bond acceptors (Lipinski definition) is 3.